The maximum absolute atomic E-state index is 13.8. The highest BCUT2D eigenvalue weighted by Gasteiger charge is 2.43. The summed E-state index contributed by atoms with van der Waals surface area (Å²) >= 11 is 0. The molecule has 0 aromatic heterocycles. The Morgan fingerprint density at radius 3 is 2.07 bits per heavy atom. The molecule has 4 N–H and O–H groups in total. The molecule has 2 fully saturated rings. The molecule has 0 radical (unpaired) electrons. The summed E-state index contributed by atoms with van der Waals surface area (Å²) in [5.41, 5.74) is 3.02. The van der Waals surface area contributed by atoms with Crippen LogP contribution < -0.4 is 10.6 Å². The Labute approximate surface area is 241 Å². The van der Waals surface area contributed by atoms with Crippen LogP contribution in [-0.2, 0) is 20.8 Å². The summed E-state index contributed by atoms with van der Waals surface area (Å²) in [6.07, 6.45) is 1.99. The van der Waals surface area contributed by atoms with E-state index in [1.807, 2.05) is 24.3 Å². The normalized spacial score (nSPS) is 20.1. The Morgan fingerprint density at radius 2 is 1.50 bits per heavy atom. The molecule has 1 spiro atoms. The number of fused-ring (bicyclic) bond motifs is 1. The van der Waals surface area contributed by atoms with Gasteiger partial charge in [0.15, 0.2) is 0 Å². The lowest BCUT2D eigenvalue weighted by molar-refractivity contribution is -0.192. The number of carboxylic acids is 2. The number of carbonyl (C=O) groups is 4. The summed E-state index contributed by atoms with van der Waals surface area (Å²) in [5, 5.41) is 22.6. The number of nitrogens with one attached hydrogen (secondary N) is 2. The lowest BCUT2D eigenvalue weighted by Gasteiger charge is -2.44. The van der Waals surface area contributed by atoms with Crippen LogP contribution >= 0.6 is 0 Å². The van der Waals surface area contributed by atoms with Gasteiger partial charge in [0.1, 0.15) is 6.04 Å². The molecule has 0 unspecified atom stereocenters. The van der Waals surface area contributed by atoms with Gasteiger partial charge in [-0.1, -0.05) is 24.3 Å². The van der Waals surface area contributed by atoms with Crippen molar-refractivity contribution < 1.29 is 42.6 Å². The van der Waals surface area contributed by atoms with E-state index in [4.69, 9.17) is 15.0 Å². The number of aromatic carboxylic acids is 1. The van der Waals surface area contributed by atoms with Gasteiger partial charge in [-0.2, -0.15) is 13.2 Å². The number of hydrogen-bond donors (Lipinski definition) is 4. The number of benzene rings is 2. The van der Waals surface area contributed by atoms with Crippen LogP contribution in [0.4, 0.5) is 18.9 Å². The van der Waals surface area contributed by atoms with Crippen LogP contribution in [0.25, 0.3) is 0 Å². The van der Waals surface area contributed by atoms with Crippen LogP contribution in [0.1, 0.15) is 66.1 Å². The van der Waals surface area contributed by atoms with Gasteiger partial charge in [0.05, 0.1) is 5.56 Å². The number of carboxylic acid groups (broad SMARTS) is 2. The minimum atomic E-state index is -5.08. The van der Waals surface area contributed by atoms with Crippen LogP contribution in [0.15, 0.2) is 48.5 Å². The maximum Gasteiger partial charge on any atom is 0.490 e. The molecule has 42 heavy (non-hydrogen) atoms. The lowest BCUT2D eigenvalue weighted by atomic mass is 9.65. The standard InChI is InChI=1S/C28H33N3O4.C2HF3O2/c32-25(30-22-7-5-21(6-8-22)27(34)35)24-23-4-2-1-3-19(23)11-18-31(24)26(33)20-9-12-28(13-10-20)14-16-29-17-15-28;3-2(4,5)1(6)7/h1-8,20,24,29H,9-18H2,(H,30,32)(H,34,35);(H,6,7)/t24-;/m0./s1. The summed E-state index contributed by atoms with van der Waals surface area (Å²) in [5.74, 6) is -3.98. The summed E-state index contributed by atoms with van der Waals surface area (Å²) in [6.45, 7) is 2.66. The fourth-order valence-electron chi connectivity index (χ4n) is 6.16. The molecule has 5 rings (SSSR count). The monoisotopic (exact) mass is 589 g/mol. The molecular formula is C30H34F3N3O6. The smallest absolute Gasteiger partial charge is 0.478 e. The van der Waals surface area contributed by atoms with E-state index in [0.29, 0.717) is 17.6 Å². The van der Waals surface area contributed by atoms with Crippen LogP contribution in [0.5, 0.6) is 0 Å². The van der Waals surface area contributed by atoms with Crippen molar-refractivity contribution in [3.05, 3.63) is 65.2 Å². The fourth-order valence-corrected chi connectivity index (χ4v) is 6.16. The second kappa shape index (κ2) is 12.9. The zero-order valence-electron chi connectivity index (χ0n) is 23.0. The van der Waals surface area contributed by atoms with Gasteiger partial charge in [-0.25, -0.2) is 9.59 Å². The number of anilines is 1. The van der Waals surface area contributed by atoms with Gasteiger partial charge in [0, 0.05) is 18.2 Å². The number of aliphatic carboxylic acids is 1. The third-order valence-electron chi connectivity index (χ3n) is 8.52. The van der Waals surface area contributed by atoms with E-state index < -0.39 is 24.2 Å². The van der Waals surface area contributed by atoms with E-state index >= 15 is 0 Å². The van der Waals surface area contributed by atoms with Crippen LogP contribution in [0.3, 0.4) is 0 Å². The quantitative estimate of drug-likeness (QED) is 0.408. The lowest BCUT2D eigenvalue weighted by Crippen LogP contribution is -2.49. The molecule has 1 atom stereocenters. The number of rotatable bonds is 4. The zero-order chi connectivity index (χ0) is 30.5. The highest BCUT2D eigenvalue weighted by Crippen LogP contribution is 2.46. The van der Waals surface area contributed by atoms with Crippen molar-refractivity contribution in [1.29, 1.82) is 0 Å². The Hall–Kier alpha value is -3.93. The Balaban J connectivity index is 0.000000517. The SMILES string of the molecule is O=C(O)C(F)(F)F.O=C(O)c1ccc(NC(=O)[C@@H]2c3ccccc3CCN2C(=O)C2CCC3(CCNCC3)CC2)cc1. The zero-order valence-corrected chi connectivity index (χ0v) is 23.0. The largest absolute Gasteiger partial charge is 0.490 e. The Morgan fingerprint density at radius 1 is 0.905 bits per heavy atom. The number of carbonyl (C=O) groups excluding carboxylic acids is 2. The average Bonchev–Trinajstić information content (AvgIpc) is 2.97. The average molecular weight is 590 g/mol. The molecule has 2 aromatic rings. The second-order valence-corrected chi connectivity index (χ2v) is 11.1. The molecule has 0 bridgehead atoms. The minimum absolute atomic E-state index is 0.0362. The van der Waals surface area contributed by atoms with Crippen molar-refractivity contribution in [1.82, 2.24) is 10.2 Å². The van der Waals surface area contributed by atoms with E-state index in [-0.39, 0.29) is 23.3 Å². The van der Waals surface area contributed by atoms with Gasteiger partial charge in [0.2, 0.25) is 5.91 Å². The van der Waals surface area contributed by atoms with Gasteiger partial charge in [0.25, 0.3) is 5.91 Å². The number of piperidine rings is 1. The third kappa shape index (κ3) is 7.28. The van der Waals surface area contributed by atoms with Crippen molar-refractivity contribution in [3.63, 3.8) is 0 Å². The van der Waals surface area contributed by atoms with Crippen molar-refractivity contribution >= 4 is 29.4 Å². The fraction of sp³-hybridized carbons (Fsp3) is 0.467. The van der Waals surface area contributed by atoms with E-state index in [1.165, 1.54) is 25.0 Å². The van der Waals surface area contributed by atoms with E-state index in [0.717, 1.165) is 56.3 Å². The molecule has 12 heteroatoms. The highest BCUT2D eigenvalue weighted by molar-refractivity contribution is 5.99. The molecule has 2 heterocycles. The first kappa shape index (κ1) is 31.0. The first-order valence-electron chi connectivity index (χ1n) is 13.9. The Kier molecular flexibility index (Phi) is 9.55. The van der Waals surface area contributed by atoms with E-state index in [9.17, 15) is 27.6 Å². The predicted molar refractivity (Wildman–Crippen MR) is 147 cm³/mol. The van der Waals surface area contributed by atoms with E-state index in [1.54, 1.807) is 17.0 Å². The molecule has 2 amide bonds. The number of hydrogen-bond acceptors (Lipinski definition) is 5. The van der Waals surface area contributed by atoms with E-state index in [2.05, 4.69) is 10.6 Å². The van der Waals surface area contributed by atoms with Crippen molar-refractivity contribution in [3.8, 4) is 0 Å². The van der Waals surface area contributed by atoms with Gasteiger partial charge in [-0.3, -0.25) is 9.59 Å². The minimum Gasteiger partial charge on any atom is -0.478 e. The summed E-state index contributed by atoms with van der Waals surface area (Å²) in [6, 6.07) is 13.3. The van der Waals surface area contributed by atoms with Crippen molar-refractivity contribution in [2.75, 3.05) is 25.0 Å². The van der Waals surface area contributed by atoms with Crippen LogP contribution in [0, 0.1) is 11.3 Å². The number of amides is 2. The number of nitrogens with zero attached hydrogens (tertiary/aromatic N) is 1. The van der Waals surface area contributed by atoms with Gasteiger partial charge in [-0.05, 0) is 98.8 Å². The van der Waals surface area contributed by atoms with Gasteiger partial charge >= 0.3 is 18.1 Å². The first-order valence-corrected chi connectivity index (χ1v) is 13.9. The predicted octanol–water partition coefficient (Wildman–Crippen LogP) is 4.64. The first-order chi connectivity index (χ1) is 19.9. The molecule has 9 nitrogen and oxygen atoms in total. The van der Waals surface area contributed by atoms with Crippen LogP contribution in [-0.4, -0.2) is 64.7 Å². The van der Waals surface area contributed by atoms with Gasteiger partial charge < -0.3 is 25.7 Å². The molecule has 3 aliphatic rings. The summed E-state index contributed by atoms with van der Waals surface area (Å²) in [4.78, 5) is 49.2. The summed E-state index contributed by atoms with van der Waals surface area (Å²) < 4.78 is 31.7. The topological polar surface area (TPSA) is 136 Å². The number of alkyl halides is 3. The highest BCUT2D eigenvalue weighted by atomic mass is 19.4. The van der Waals surface area contributed by atoms with Crippen molar-refractivity contribution in [2.24, 2.45) is 11.3 Å². The molecule has 2 aromatic carbocycles. The van der Waals surface area contributed by atoms with Crippen molar-refractivity contribution in [2.45, 2.75) is 57.2 Å². The molecular weight excluding hydrogens is 555 g/mol. The molecule has 1 aliphatic carbocycles. The molecule has 1 saturated heterocycles. The molecule has 1 saturated carbocycles. The maximum atomic E-state index is 13.8. The summed E-state index contributed by atoms with van der Waals surface area (Å²) in [7, 11) is 0. The molecule has 226 valence electrons. The molecule has 2 aliphatic heterocycles. The second-order valence-electron chi connectivity index (χ2n) is 11.1. The number of halogens is 3. The third-order valence-corrected chi connectivity index (χ3v) is 8.52. The Bertz CT molecular complexity index is 1300. The van der Waals surface area contributed by atoms with Crippen LogP contribution in [0.2, 0.25) is 0 Å². The van der Waals surface area contributed by atoms with Gasteiger partial charge in [-0.15, -0.1) is 0 Å².